The van der Waals surface area contributed by atoms with E-state index >= 15 is 0 Å². The average Bonchev–Trinajstić information content (AvgIpc) is 3.14. The summed E-state index contributed by atoms with van der Waals surface area (Å²) in [5.41, 5.74) is 1.69. The standard InChI is InChI=1S/C19H16N2O2/c22-18(12-11-16-9-4-5-13-20-16)21-19(17-10-6-14-23-17)15-7-2-1-3-8-15/h1-14,19H,(H,21,22)/b12-11+/t19-/m1/s1. The predicted molar refractivity (Wildman–Crippen MR) is 88.4 cm³/mol. The number of aromatic nitrogens is 1. The van der Waals surface area contributed by atoms with E-state index in [1.54, 1.807) is 24.6 Å². The predicted octanol–water partition coefficient (Wildman–Crippen LogP) is 3.59. The Morgan fingerprint density at radius 1 is 1.04 bits per heavy atom. The zero-order valence-electron chi connectivity index (χ0n) is 12.4. The molecule has 0 saturated carbocycles. The quantitative estimate of drug-likeness (QED) is 0.733. The minimum Gasteiger partial charge on any atom is -0.467 e. The largest absolute Gasteiger partial charge is 0.467 e. The summed E-state index contributed by atoms with van der Waals surface area (Å²) in [6.07, 6.45) is 6.44. The van der Waals surface area contributed by atoms with Crippen molar-refractivity contribution in [1.29, 1.82) is 0 Å². The lowest BCUT2D eigenvalue weighted by Crippen LogP contribution is -2.27. The maximum atomic E-state index is 12.2. The lowest BCUT2D eigenvalue weighted by molar-refractivity contribution is -0.117. The lowest BCUT2D eigenvalue weighted by atomic mass is 10.0. The third-order valence-electron chi connectivity index (χ3n) is 3.34. The maximum absolute atomic E-state index is 12.2. The van der Waals surface area contributed by atoms with Crippen LogP contribution in [0.5, 0.6) is 0 Å². The monoisotopic (exact) mass is 304 g/mol. The summed E-state index contributed by atoms with van der Waals surface area (Å²) in [6.45, 7) is 0. The van der Waals surface area contributed by atoms with Gasteiger partial charge in [0, 0.05) is 12.3 Å². The molecule has 1 N–H and O–H groups in total. The SMILES string of the molecule is O=C(/C=C/c1ccccn1)N[C@H](c1ccccc1)c1ccco1. The van der Waals surface area contributed by atoms with Crippen LogP contribution in [0, 0.1) is 0 Å². The first-order chi connectivity index (χ1) is 11.3. The Hall–Kier alpha value is -3.14. The lowest BCUT2D eigenvalue weighted by Gasteiger charge is -2.16. The van der Waals surface area contributed by atoms with Gasteiger partial charge in [0.05, 0.1) is 12.0 Å². The molecule has 0 aliphatic carbocycles. The van der Waals surface area contributed by atoms with Crippen molar-refractivity contribution in [3.05, 3.63) is 96.2 Å². The van der Waals surface area contributed by atoms with Crippen LogP contribution in [0.1, 0.15) is 23.1 Å². The van der Waals surface area contributed by atoms with Crippen molar-refractivity contribution < 1.29 is 9.21 Å². The van der Waals surface area contributed by atoms with Crippen LogP contribution in [0.25, 0.3) is 6.08 Å². The second kappa shape index (κ2) is 7.22. The first-order valence-electron chi connectivity index (χ1n) is 7.31. The van der Waals surface area contributed by atoms with Gasteiger partial charge in [0.2, 0.25) is 5.91 Å². The Kier molecular flexibility index (Phi) is 4.64. The molecule has 0 spiro atoms. The number of carbonyl (C=O) groups excluding carboxylic acids is 1. The van der Waals surface area contributed by atoms with Gasteiger partial charge in [-0.15, -0.1) is 0 Å². The minimum absolute atomic E-state index is 0.207. The molecule has 4 nitrogen and oxygen atoms in total. The third-order valence-corrected chi connectivity index (χ3v) is 3.34. The molecule has 1 aromatic carbocycles. The molecule has 2 heterocycles. The molecular weight excluding hydrogens is 288 g/mol. The first-order valence-corrected chi connectivity index (χ1v) is 7.31. The molecule has 0 aliphatic heterocycles. The fourth-order valence-corrected chi connectivity index (χ4v) is 2.25. The molecular formula is C19H16N2O2. The highest BCUT2D eigenvalue weighted by Crippen LogP contribution is 2.22. The van der Waals surface area contributed by atoms with Gasteiger partial charge >= 0.3 is 0 Å². The number of nitrogens with zero attached hydrogens (tertiary/aromatic N) is 1. The summed E-state index contributed by atoms with van der Waals surface area (Å²) < 4.78 is 5.46. The van der Waals surface area contributed by atoms with Crippen LogP contribution in [-0.4, -0.2) is 10.9 Å². The topological polar surface area (TPSA) is 55.1 Å². The molecule has 3 rings (SSSR count). The number of hydrogen-bond acceptors (Lipinski definition) is 3. The van der Waals surface area contributed by atoms with E-state index < -0.39 is 0 Å². The normalized spacial score (nSPS) is 12.2. The van der Waals surface area contributed by atoms with Crippen LogP contribution in [0.2, 0.25) is 0 Å². The van der Waals surface area contributed by atoms with Gasteiger partial charge < -0.3 is 9.73 Å². The van der Waals surface area contributed by atoms with Crippen LogP contribution in [0.4, 0.5) is 0 Å². The first kappa shape index (κ1) is 14.8. The van der Waals surface area contributed by atoms with Gasteiger partial charge in [-0.05, 0) is 35.9 Å². The van der Waals surface area contributed by atoms with Gasteiger partial charge in [-0.1, -0.05) is 36.4 Å². The Bertz CT molecular complexity index is 766. The van der Waals surface area contributed by atoms with E-state index in [1.807, 2.05) is 54.6 Å². The number of benzene rings is 1. The van der Waals surface area contributed by atoms with E-state index in [0.717, 1.165) is 11.3 Å². The zero-order valence-corrected chi connectivity index (χ0v) is 12.4. The second-order valence-corrected chi connectivity index (χ2v) is 4.96. The number of carbonyl (C=O) groups is 1. The van der Waals surface area contributed by atoms with Gasteiger partial charge in [-0.3, -0.25) is 9.78 Å². The summed E-state index contributed by atoms with van der Waals surface area (Å²) in [5.74, 6) is 0.483. The summed E-state index contributed by atoms with van der Waals surface area (Å²) in [6, 6.07) is 18.6. The average molecular weight is 304 g/mol. The smallest absolute Gasteiger partial charge is 0.244 e. The fraction of sp³-hybridized carbons (Fsp3) is 0.0526. The summed E-state index contributed by atoms with van der Waals surface area (Å²) in [4.78, 5) is 16.4. The van der Waals surface area contributed by atoms with Crippen LogP contribution in [0.3, 0.4) is 0 Å². The van der Waals surface area contributed by atoms with Crippen LogP contribution >= 0.6 is 0 Å². The minimum atomic E-state index is -0.327. The number of pyridine rings is 1. The van der Waals surface area contributed by atoms with Crippen LogP contribution < -0.4 is 5.32 Å². The number of hydrogen-bond donors (Lipinski definition) is 1. The Labute approximate surface area is 134 Å². The molecule has 0 fully saturated rings. The van der Waals surface area contributed by atoms with Gasteiger partial charge in [-0.2, -0.15) is 0 Å². The van der Waals surface area contributed by atoms with Gasteiger partial charge in [0.25, 0.3) is 0 Å². The molecule has 114 valence electrons. The zero-order chi connectivity index (χ0) is 15.9. The van der Waals surface area contributed by atoms with Crippen LogP contribution in [0.15, 0.2) is 83.6 Å². The third kappa shape index (κ3) is 3.95. The number of rotatable bonds is 5. The van der Waals surface area contributed by atoms with Crippen LogP contribution in [-0.2, 0) is 4.79 Å². The molecule has 3 aromatic rings. The van der Waals surface area contributed by atoms with E-state index in [-0.39, 0.29) is 11.9 Å². The van der Waals surface area contributed by atoms with Crippen molar-refractivity contribution in [2.45, 2.75) is 6.04 Å². The van der Waals surface area contributed by atoms with E-state index in [2.05, 4.69) is 10.3 Å². The molecule has 4 heteroatoms. The number of nitrogens with one attached hydrogen (secondary N) is 1. The number of amides is 1. The molecule has 23 heavy (non-hydrogen) atoms. The molecule has 0 bridgehead atoms. The Balaban J connectivity index is 1.77. The van der Waals surface area contributed by atoms with Gasteiger partial charge in [0.1, 0.15) is 11.8 Å². The van der Waals surface area contributed by atoms with Crippen molar-refractivity contribution in [3.63, 3.8) is 0 Å². The Morgan fingerprint density at radius 2 is 1.87 bits per heavy atom. The summed E-state index contributed by atoms with van der Waals surface area (Å²) >= 11 is 0. The maximum Gasteiger partial charge on any atom is 0.244 e. The molecule has 1 atom stereocenters. The fourth-order valence-electron chi connectivity index (χ4n) is 2.25. The molecule has 0 saturated heterocycles. The van der Waals surface area contributed by atoms with Gasteiger partial charge in [-0.25, -0.2) is 0 Å². The van der Waals surface area contributed by atoms with E-state index in [1.165, 1.54) is 6.08 Å². The molecule has 0 unspecified atom stereocenters. The Morgan fingerprint density at radius 3 is 2.57 bits per heavy atom. The van der Waals surface area contributed by atoms with Crippen molar-refractivity contribution in [2.75, 3.05) is 0 Å². The molecule has 0 radical (unpaired) electrons. The highest BCUT2D eigenvalue weighted by atomic mass is 16.3. The number of furan rings is 1. The second-order valence-electron chi connectivity index (χ2n) is 4.96. The molecule has 2 aromatic heterocycles. The molecule has 1 amide bonds. The van der Waals surface area contributed by atoms with E-state index in [0.29, 0.717) is 5.76 Å². The van der Waals surface area contributed by atoms with Crippen molar-refractivity contribution in [2.24, 2.45) is 0 Å². The summed E-state index contributed by atoms with van der Waals surface area (Å²) in [7, 11) is 0. The highest BCUT2D eigenvalue weighted by molar-refractivity contribution is 5.91. The highest BCUT2D eigenvalue weighted by Gasteiger charge is 2.17. The van der Waals surface area contributed by atoms with Crippen molar-refractivity contribution >= 4 is 12.0 Å². The molecule has 0 aliphatic rings. The van der Waals surface area contributed by atoms with E-state index in [4.69, 9.17) is 4.42 Å². The van der Waals surface area contributed by atoms with Crippen molar-refractivity contribution in [1.82, 2.24) is 10.3 Å². The summed E-state index contributed by atoms with van der Waals surface area (Å²) in [5, 5.41) is 2.96. The van der Waals surface area contributed by atoms with E-state index in [9.17, 15) is 4.79 Å². The van der Waals surface area contributed by atoms with Gasteiger partial charge in [0.15, 0.2) is 0 Å². The van der Waals surface area contributed by atoms with Crippen molar-refractivity contribution in [3.8, 4) is 0 Å².